The Bertz CT molecular complexity index is 679. The maximum absolute atomic E-state index is 12.2. The highest BCUT2D eigenvalue weighted by atomic mass is 16.5. The van der Waals surface area contributed by atoms with Gasteiger partial charge in [0, 0.05) is 36.6 Å². The zero-order valence-electron chi connectivity index (χ0n) is 13.7. The van der Waals surface area contributed by atoms with Crippen LogP contribution in [0.1, 0.15) is 15.9 Å². The van der Waals surface area contributed by atoms with Crippen molar-refractivity contribution in [2.45, 2.75) is 6.42 Å². The Morgan fingerprint density at radius 3 is 2.58 bits per heavy atom. The van der Waals surface area contributed by atoms with E-state index in [4.69, 9.17) is 10.5 Å². The van der Waals surface area contributed by atoms with Gasteiger partial charge in [0.1, 0.15) is 0 Å². The van der Waals surface area contributed by atoms with Gasteiger partial charge in [0.2, 0.25) is 0 Å². The Morgan fingerprint density at radius 1 is 1.12 bits per heavy atom. The van der Waals surface area contributed by atoms with Gasteiger partial charge in [-0.2, -0.15) is 0 Å². The number of hydrogen-bond donors (Lipinski definition) is 2. The van der Waals surface area contributed by atoms with Crippen LogP contribution in [0.2, 0.25) is 0 Å². The highest BCUT2D eigenvalue weighted by Gasteiger charge is 2.10. The average molecular weight is 325 g/mol. The van der Waals surface area contributed by atoms with Crippen LogP contribution in [0.3, 0.4) is 0 Å². The van der Waals surface area contributed by atoms with E-state index in [1.807, 2.05) is 12.1 Å². The SMILES string of the molecule is Nc1cccc(C(=O)Nc2ccc(CCN3CCOCC3)cc2)c1. The largest absolute Gasteiger partial charge is 0.399 e. The highest BCUT2D eigenvalue weighted by Crippen LogP contribution is 2.14. The second kappa shape index (κ2) is 7.95. The summed E-state index contributed by atoms with van der Waals surface area (Å²) in [5.74, 6) is -0.150. The molecule has 0 radical (unpaired) electrons. The van der Waals surface area contributed by atoms with Gasteiger partial charge in [-0.05, 0) is 42.3 Å². The van der Waals surface area contributed by atoms with E-state index in [1.165, 1.54) is 5.56 Å². The van der Waals surface area contributed by atoms with Crippen LogP contribution in [-0.2, 0) is 11.2 Å². The number of rotatable bonds is 5. The topological polar surface area (TPSA) is 67.6 Å². The van der Waals surface area contributed by atoms with Gasteiger partial charge in [-0.15, -0.1) is 0 Å². The summed E-state index contributed by atoms with van der Waals surface area (Å²) in [5, 5.41) is 2.90. The van der Waals surface area contributed by atoms with Gasteiger partial charge in [-0.3, -0.25) is 9.69 Å². The number of benzene rings is 2. The van der Waals surface area contributed by atoms with Gasteiger partial charge in [0.25, 0.3) is 5.91 Å². The van der Waals surface area contributed by atoms with Crippen LogP contribution in [0, 0.1) is 0 Å². The van der Waals surface area contributed by atoms with Crippen molar-refractivity contribution in [2.75, 3.05) is 43.9 Å². The maximum Gasteiger partial charge on any atom is 0.255 e. The molecular formula is C19H23N3O2. The van der Waals surface area contributed by atoms with Crippen LogP contribution in [0.4, 0.5) is 11.4 Å². The molecule has 0 spiro atoms. The molecule has 0 atom stereocenters. The highest BCUT2D eigenvalue weighted by molar-refractivity contribution is 6.04. The molecule has 126 valence electrons. The summed E-state index contributed by atoms with van der Waals surface area (Å²) in [5.41, 5.74) is 8.91. The standard InChI is InChI=1S/C19H23N3O2/c20-17-3-1-2-16(14-17)19(23)21-18-6-4-15(5-7-18)8-9-22-10-12-24-13-11-22/h1-7,14H,8-13,20H2,(H,21,23). The second-order valence-electron chi connectivity index (χ2n) is 5.98. The van der Waals surface area contributed by atoms with E-state index in [0.717, 1.165) is 45.0 Å². The third-order valence-corrected chi connectivity index (χ3v) is 4.18. The third kappa shape index (κ3) is 4.57. The minimum atomic E-state index is -0.150. The predicted molar refractivity (Wildman–Crippen MR) is 96.2 cm³/mol. The summed E-state index contributed by atoms with van der Waals surface area (Å²) < 4.78 is 5.36. The molecular weight excluding hydrogens is 302 g/mol. The van der Waals surface area contributed by atoms with E-state index >= 15 is 0 Å². The fourth-order valence-electron chi connectivity index (χ4n) is 2.75. The van der Waals surface area contributed by atoms with E-state index in [1.54, 1.807) is 24.3 Å². The van der Waals surface area contributed by atoms with E-state index in [-0.39, 0.29) is 5.91 Å². The van der Waals surface area contributed by atoms with Crippen LogP contribution >= 0.6 is 0 Å². The van der Waals surface area contributed by atoms with E-state index < -0.39 is 0 Å². The number of hydrogen-bond acceptors (Lipinski definition) is 4. The summed E-state index contributed by atoms with van der Waals surface area (Å²) in [6.07, 6.45) is 1.00. The van der Waals surface area contributed by atoms with Crippen LogP contribution in [0.5, 0.6) is 0 Å². The number of amides is 1. The molecule has 2 aromatic rings. The lowest BCUT2D eigenvalue weighted by atomic mass is 10.1. The number of nitrogens with two attached hydrogens (primary N) is 1. The number of nitrogens with zero attached hydrogens (tertiary/aromatic N) is 1. The summed E-state index contributed by atoms with van der Waals surface area (Å²) in [6, 6.07) is 15.0. The van der Waals surface area contributed by atoms with Crippen LogP contribution in [0.25, 0.3) is 0 Å². The van der Waals surface area contributed by atoms with Crippen molar-refractivity contribution in [3.05, 3.63) is 59.7 Å². The molecule has 3 rings (SSSR count). The number of anilines is 2. The molecule has 1 amide bonds. The summed E-state index contributed by atoms with van der Waals surface area (Å²) >= 11 is 0. The summed E-state index contributed by atoms with van der Waals surface area (Å²) in [4.78, 5) is 14.6. The van der Waals surface area contributed by atoms with Crippen molar-refractivity contribution < 1.29 is 9.53 Å². The molecule has 0 aromatic heterocycles. The smallest absolute Gasteiger partial charge is 0.255 e. The van der Waals surface area contributed by atoms with E-state index in [2.05, 4.69) is 22.3 Å². The van der Waals surface area contributed by atoms with Gasteiger partial charge in [-0.1, -0.05) is 18.2 Å². The van der Waals surface area contributed by atoms with Crippen molar-refractivity contribution >= 4 is 17.3 Å². The van der Waals surface area contributed by atoms with Crippen molar-refractivity contribution in [3.63, 3.8) is 0 Å². The van der Waals surface area contributed by atoms with Crippen LogP contribution in [-0.4, -0.2) is 43.7 Å². The van der Waals surface area contributed by atoms with Gasteiger partial charge in [-0.25, -0.2) is 0 Å². The van der Waals surface area contributed by atoms with Crippen molar-refractivity contribution in [1.29, 1.82) is 0 Å². The average Bonchev–Trinajstić information content (AvgIpc) is 2.62. The lowest BCUT2D eigenvalue weighted by molar-refractivity contribution is 0.0384. The first-order chi connectivity index (χ1) is 11.7. The van der Waals surface area contributed by atoms with Crippen molar-refractivity contribution in [1.82, 2.24) is 4.90 Å². The zero-order valence-corrected chi connectivity index (χ0v) is 13.7. The first kappa shape index (κ1) is 16.5. The van der Waals surface area contributed by atoms with Gasteiger partial charge in [0.05, 0.1) is 13.2 Å². The van der Waals surface area contributed by atoms with Gasteiger partial charge >= 0.3 is 0 Å². The minimum absolute atomic E-state index is 0.150. The number of carbonyl (C=O) groups is 1. The first-order valence-electron chi connectivity index (χ1n) is 8.27. The number of nitrogen functional groups attached to an aromatic ring is 1. The third-order valence-electron chi connectivity index (χ3n) is 4.18. The molecule has 1 fully saturated rings. The molecule has 2 aromatic carbocycles. The number of ether oxygens (including phenoxy) is 1. The molecule has 5 nitrogen and oxygen atoms in total. The quantitative estimate of drug-likeness (QED) is 0.829. The Morgan fingerprint density at radius 2 is 1.88 bits per heavy atom. The fourth-order valence-corrected chi connectivity index (χ4v) is 2.75. The first-order valence-corrected chi connectivity index (χ1v) is 8.27. The Labute approximate surface area is 142 Å². The molecule has 5 heteroatoms. The van der Waals surface area contributed by atoms with Crippen LogP contribution in [0.15, 0.2) is 48.5 Å². The minimum Gasteiger partial charge on any atom is -0.399 e. The van der Waals surface area contributed by atoms with Gasteiger partial charge in [0.15, 0.2) is 0 Å². The predicted octanol–water partition coefficient (Wildman–Crippen LogP) is 2.40. The van der Waals surface area contributed by atoms with Gasteiger partial charge < -0.3 is 15.8 Å². The Kier molecular flexibility index (Phi) is 5.46. The molecule has 0 bridgehead atoms. The zero-order chi connectivity index (χ0) is 16.8. The summed E-state index contributed by atoms with van der Waals surface area (Å²) in [7, 11) is 0. The molecule has 1 saturated heterocycles. The molecule has 0 aliphatic carbocycles. The number of nitrogens with one attached hydrogen (secondary N) is 1. The lowest BCUT2D eigenvalue weighted by Gasteiger charge is -2.26. The Hall–Kier alpha value is -2.37. The number of carbonyl (C=O) groups excluding carboxylic acids is 1. The van der Waals surface area contributed by atoms with E-state index in [0.29, 0.717) is 11.3 Å². The van der Waals surface area contributed by atoms with Crippen LogP contribution < -0.4 is 11.1 Å². The molecule has 24 heavy (non-hydrogen) atoms. The monoisotopic (exact) mass is 325 g/mol. The molecule has 1 aliphatic heterocycles. The summed E-state index contributed by atoms with van der Waals surface area (Å²) in [6.45, 7) is 4.71. The van der Waals surface area contributed by atoms with E-state index in [9.17, 15) is 4.79 Å². The maximum atomic E-state index is 12.2. The lowest BCUT2D eigenvalue weighted by Crippen LogP contribution is -2.37. The molecule has 0 unspecified atom stereocenters. The molecule has 1 heterocycles. The normalized spacial score (nSPS) is 15.2. The number of morpholine rings is 1. The van der Waals surface area contributed by atoms with Crippen molar-refractivity contribution in [2.24, 2.45) is 0 Å². The molecule has 3 N–H and O–H groups in total. The van der Waals surface area contributed by atoms with Crippen molar-refractivity contribution in [3.8, 4) is 0 Å². The molecule has 0 saturated carbocycles. The Balaban J connectivity index is 1.53. The fraction of sp³-hybridized carbons (Fsp3) is 0.316. The molecule has 1 aliphatic rings. The second-order valence-corrected chi connectivity index (χ2v) is 5.98.